The molecule has 2 nitrogen and oxygen atoms in total. The Kier molecular flexibility index (Phi) is 4.63. The van der Waals surface area contributed by atoms with Gasteiger partial charge in [-0.3, -0.25) is 0 Å². The number of hydrogen-bond donors (Lipinski definition) is 1. The van der Waals surface area contributed by atoms with Gasteiger partial charge >= 0.3 is 0 Å². The van der Waals surface area contributed by atoms with Gasteiger partial charge in [0.2, 0.25) is 0 Å². The Bertz CT molecular complexity index is 277. The van der Waals surface area contributed by atoms with Gasteiger partial charge < -0.3 is 10.1 Å². The van der Waals surface area contributed by atoms with Crippen LogP contribution in [-0.2, 0) is 0 Å². The molecule has 0 saturated carbocycles. The smallest absolute Gasteiger partial charge is 0.119 e. The molecule has 0 heterocycles. The first kappa shape index (κ1) is 12.1. The van der Waals surface area contributed by atoms with Crippen molar-refractivity contribution in [2.24, 2.45) is 0 Å². The SMILES string of the molecule is CCC(NC)C(C)Oc1ccc(C)cc1. The summed E-state index contributed by atoms with van der Waals surface area (Å²) in [6, 6.07) is 8.60. The number of rotatable bonds is 5. The van der Waals surface area contributed by atoms with E-state index in [2.05, 4.69) is 38.2 Å². The van der Waals surface area contributed by atoms with E-state index in [9.17, 15) is 0 Å². The fourth-order valence-electron chi connectivity index (χ4n) is 1.68. The topological polar surface area (TPSA) is 21.3 Å². The number of benzene rings is 1. The highest BCUT2D eigenvalue weighted by atomic mass is 16.5. The fraction of sp³-hybridized carbons (Fsp3) is 0.538. The van der Waals surface area contributed by atoms with E-state index < -0.39 is 0 Å². The summed E-state index contributed by atoms with van der Waals surface area (Å²) in [4.78, 5) is 0. The lowest BCUT2D eigenvalue weighted by Crippen LogP contribution is -2.38. The molecule has 0 radical (unpaired) electrons. The van der Waals surface area contributed by atoms with Gasteiger partial charge in [0.25, 0.3) is 0 Å². The van der Waals surface area contributed by atoms with E-state index in [4.69, 9.17) is 4.74 Å². The van der Waals surface area contributed by atoms with Crippen LogP contribution in [0, 0.1) is 6.92 Å². The molecular formula is C13H21NO. The molecule has 1 rings (SSSR count). The van der Waals surface area contributed by atoms with Crippen molar-refractivity contribution < 1.29 is 4.74 Å². The number of ether oxygens (including phenoxy) is 1. The Morgan fingerprint density at radius 2 is 1.87 bits per heavy atom. The van der Waals surface area contributed by atoms with Crippen molar-refractivity contribution in [3.63, 3.8) is 0 Å². The maximum absolute atomic E-state index is 5.85. The van der Waals surface area contributed by atoms with Gasteiger partial charge in [-0.25, -0.2) is 0 Å². The third-order valence-corrected chi connectivity index (χ3v) is 2.72. The van der Waals surface area contributed by atoms with Gasteiger partial charge in [-0.2, -0.15) is 0 Å². The monoisotopic (exact) mass is 207 g/mol. The van der Waals surface area contributed by atoms with Crippen LogP contribution in [0.2, 0.25) is 0 Å². The van der Waals surface area contributed by atoms with Gasteiger partial charge in [0.1, 0.15) is 11.9 Å². The Hall–Kier alpha value is -1.02. The quantitative estimate of drug-likeness (QED) is 0.801. The predicted molar refractivity (Wildman–Crippen MR) is 64.4 cm³/mol. The summed E-state index contributed by atoms with van der Waals surface area (Å²) in [6.45, 7) is 6.34. The summed E-state index contributed by atoms with van der Waals surface area (Å²) in [5.74, 6) is 0.946. The third-order valence-electron chi connectivity index (χ3n) is 2.72. The maximum Gasteiger partial charge on any atom is 0.119 e. The van der Waals surface area contributed by atoms with Crippen LogP contribution in [0.4, 0.5) is 0 Å². The summed E-state index contributed by atoms with van der Waals surface area (Å²) in [7, 11) is 1.98. The second-order valence-electron chi connectivity index (χ2n) is 3.94. The summed E-state index contributed by atoms with van der Waals surface area (Å²) in [6.07, 6.45) is 1.27. The zero-order valence-electron chi connectivity index (χ0n) is 10.1. The summed E-state index contributed by atoms with van der Waals surface area (Å²) >= 11 is 0. The van der Waals surface area contributed by atoms with E-state index in [-0.39, 0.29) is 6.10 Å². The molecule has 0 aliphatic heterocycles. The van der Waals surface area contributed by atoms with Crippen molar-refractivity contribution in [2.45, 2.75) is 39.3 Å². The van der Waals surface area contributed by atoms with Crippen molar-refractivity contribution in [1.82, 2.24) is 5.32 Å². The Labute approximate surface area is 92.6 Å². The number of aryl methyl sites for hydroxylation is 1. The molecule has 84 valence electrons. The van der Waals surface area contributed by atoms with Gasteiger partial charge in [-0.1, -0.05) is 24.6 Å². The maximum atomic E-state index is 5.85. The van der Waals surface area contributed by atoms with Crippen LogP contribution in [0.25, 0.3) is 0 Å². The molecular weight excluding hydrogens is 186 g/mol. The molecule has 2 heteroatoms. The molecule has 1 aromatic carbocycles. The minimum absolute atomic E-state index is 0.197. The zero-order valence-corrected chi connectivity index (χ0v) is 10.1. The molecule has 0 aromatic heterocycles. The molecule has 0 saturated heterocycles. The van der Waals surface area contributed by atoms with Gasteiger partial charge in [0.05, 0.1) is 0 Å². The zero-order chi connectivity index (χ0) is 11.3. The number of nitrogens with one attached hydrogen (secondary N) is 1. The molecule has 1 N–H and O–H groups in total. The van der Waals surface area contributed by atoms with Crippen LogP contribution in [-0.4, -0.2) is 19.2 Å². The molecule has 0 fully saturated rings. The number of hydrogen-bond acceptors (Lipinski definition) is 2. The Morgan fingerprint density at radius 3 is 2.33 bits per heavy atom. The standard InChI is InChI=1S/C13H21NO/c1-5-13(14-4)11(3)15-12-8-6-10(2)7-9-12/h6-9,11,13-14H,5H2,1-4H3. The van der Waals surface area contributed by atoms with E-state index >= 15 is 0 Å². The van der Waals surface area contributed by atoms with Crippen LogP contribution < -0.4 is 10.1 Å². The lowest BCUT2D eigenvalue weighted by Gasteiger charge is -2.23. The lowest BCUT2D eigenvalue weighted by molar-refractivity contribution is 0.172. The Balaban J connectivity index is 2.57. The molecule has 0 aliphatic rings. The minimum Gasteiger partial charge on any atom is -0.489 e. The predicted octanol–water partition coefficient (Wildman–Crippen LogP) is 2.76. The first-order valence-corrected chi connectivity index (χ1v) is 5.58. The average molecular weight is 207 g/mol. The van der Waals surface area contributed by atoms with Crippen LogP contribution in [0.1, 0.15) is 25.8 Å². The van der Waals surface area contributed by atoms with Gasteiger partial charge in [0.15, 0.2) is 0 Å². The molecule has 0 aliphatic carbocycles. The second-order valence-corrected chi connectivity index (χ2v) is 3.94. The van der Waals surface area contributed by atoms with Gasteiger partial charge in [0, 0.05) is 6.04 Å². The summed E-state index contributed by atoms with van der Waals surface area (Å²) in [5, 5.41) is 3.26. The van der Waals surface area contributed by atoms with E-state index in [0.717, 1.165) is 12.2 Å². The van der Waals surface area contributed by atoms with Crippen LogP contribution in [0.5, 0.6) is 5.75 Å². The van der Waals surface area contributed by atoms with Crippen LogP contribution in [0.3, 0.4) is 0 Å². The van der Waals surface area contributed by atoms with Gasteiger partial charge in [-0.15, -0.1) is 0 Å². The van der Waals surface area contributed by atoms with Crippen LogP contribution >= 0.6 is 0 Å². The molecule has 2 unspecified atom stereocenters. The highest BCUT2D eigenvalue weighted by Crippen LogP contribution is 2.15. The third kappa shape index (κ3) is 3.56. The minimum atomic E-state index is 0.197. The van der Waals surface area contributed by atoms with Gasteiger partial charge in [-0.05, 0) is 39.4 Å². The normalized spacial score (nSPS) is 14.7. The first-order valence-electron chi connectivity index (χ1n) is 5.58. The molecule has 0 spiro atoms. The fourth-order valence-corrected chi connectivity index (χ4v) is 1.68. The van der Waals surface area contributed by atoms with Crippen molar-refractivity contribution in [1.29, 1.82) is 0 Å². The van der Waals surface area contributed by atoms with E-state index in [0.29, 0.717) is 6.04 Å². The highest BCUT2D eigenvalue weighted by Gasteiger charge is 2.14. The van der Waals surface area contributed by atoms with E-state index in [1.54, 1.807) is 0 Å². The largest absolute Gasteiger partial charge is 0.489 e. The number of likely N-dealkylation sites (N-methyl/N-ethyl adjacent to an activating group) is 1. The Morgan fingerprint density at radius 1 is 1.27 bits per heavy atom. The van der Waals surface area contributed by atoms with Crippen molar-refractivity contribution >= 4 is 0 Å². The van der Waals surface area contributed by atoms with Crippen molar-refractivity contribution in [3.8, 4) is 5.75 Å². The molecule has 0 amide bonds. The van der Waals surface area contributed by atoms with Crippen molar-refractivity contribution in [3.05, 3.63) is 29.8 Å². The average Bonchev–Trinajstić information content (AvgIpc) is 2.23. The lowest BCUT2D eigenvalue weighted by atomic mass is 10.1. The summed E-state index contributed by atoms with van der Waals surface area (Å²) < 4.78 is 5.85. The van der Waals surface area contributed by atoms with Crippen LogP contribution in [0.15, 0.2) is 24.3 Å². The van der Waals surface area contributed by atoms with E-state index in [1.165, 1.54) is 5.56 Å². The molecule has 1 aromatic rings. The highest BCUT2D eigenvalue weighted by molar-refractivity contribution is 5.26. The first-order chi connectivity index (χ1) is 7.17. The van der Waals surface area contributed by atoms with Crippen molar-refractivity contribution in [2.75, 3.05) is 7.05 Å². The molecule has 15 heavy (non-hydrogen) atoms. The molecule has 2 atom stereocenters. The molecule has 0 bridgehead atoms. The second kappa shape index (κ2) is 5.76. The van der Waals surface area contributed by atoms with E-state index in [1.807, 2.05) is 19.2 Å². The summed E-state index contributed by atoms with van der Waals surface area (Å²) in [5.41, 5.74) is 1.26.